The summed E-state index contributed by atoms with van der Waals surface area (Å²) in [5.74, 6) is 0.923. The molecule has 2 aromatic rings. The van der Waals surface area contributed by atoms with Gasteiger partial charge in [0.15, 0.2) is 0 Å². The molecule has 0 saturated carbocycles. The molecule has 19 heavy (non-hydrogen) atoms. The fourth-order valence-corrected chi connectivity index (χ4v) is 2.67. The number of hydrogen-bond donors (Lipinski definition) is 0. The minimum absolute atomic E-state index is 0.923. The fraction of sp³-hybridized carbons (Fsp3) is 0.333. The van der Waals surface area contributed by atoms with Gasteiger partial charge in [0.05, 0.1) is 7.11 Å². The van der Waals surface area contributed by atoms with Crippen LogP contribution in [0.4, 0.5) is 0 Å². The maximum absolute atomic E-state index is 5.18. The van der Waals surface area contributed by atoms with E-state index in [4.69, 9.17) is 4.74 Å². The second-order valence-electron chi connectivity index (χ2n) is 5.23. The smallest absolute Gasteiger partial charge is 0.118 e. The largest absolute Gasteiger partial charge is 0.497 e. The molecule has 1 nitrogen and oxygen atoms in total. The van der Waals surface area contributed by atoms with Gasteiger partial charge in [-0.1, -0.05) is 29.8 Å². The fourth-order valence-electron chi connectivity index (χ4n) is 2.67. The highest BCUT2D eigenvalue weighted by Crippen LogP contribution is 2.19. The van der Waals surface area contributed by atoms with E-state index < -0.39 is 0 Å². The van der Waals surface area contributed by atoms with Crippen molar-refractivity contribution in [3.05, 3.63) is 64.2 Å². The maximum atomic E-state index is 5.18. The number of hydrogen-bond acceptors (Lipinski definition) is 1. The van der Waals surface area contributed by atoms with Crippen LogP contribution in [0.3, 0.4) is 0 Å². The first-order valence-electron chi connectivity index (χ1n) is 6.80. The normalized spacial score (nSPS) is 10.5. The summed E-state index contributed by atoms with van der Waals surface area (Å²) in [5, 5.41) is 0. The van der Waals surface area contributed by atoms with E-state index in [-0.39, 0.29) is 0 Å². The zero-order chi connectivity index (χ0) is 13.8. The molecule has 0 aromatic heterocycles. The molecule has 2 rings (SSSR count). The zero-order valence-electron chi connectivity index (χ0n) is 12.3. The summed E-state index contributed by atoms with van der Waals surface area (Å²) in [4.78, 5) is 0. The zero-order valence-corrected chi connectivity index (χ0v) is 12.3. The summed E-state index contributed by atoms with van der Waals surface area (Å²) in [6.07, 6.45) is 2.18. The van der Waals surface area contributed by atoms with Crippen LogP contribution in [-0.4, -0.2) is 7.11 Å². The van der Waals surface area contributed by atoms with Gasteiger partial charge in [-0.2, -0.15) is 0 Å². The number of ether oxygens (including phenoxy) is 1. The van der Waals surface area contributed by atoms with E-state index in [0.29, 0.717) is 0 Å². The van der Waals surface area contributed by atoms with Crippen molar-refractivity contribution in [3.63, 3.8) is 0 Å². The summed E-state index contributed by atoms with van der Waals surface area (Å²) < 4.78 is 5.18. The quantitative estimate of drug-likeness (QED) is 0.785. The molecule has 0 N–H and O–H groups in total. The molecule has 0 aliphatic carbocycles. The molecule has 0 saturated heterocycles. The Kier molecular flexibility index (Phi) is 4.26. The molecule has 2 aromatic carbocycles. The number of benzene rings is 2. The van der Waals surface area contributed by atoms with Gasteiger partial charge in [0.25, 0.3) is 0 Å². The molecule has 0 amide bonds. The Hall–Kier alpha value is -1.76. The second-order valence-corrected chi connectivity index (χ2v) is 5.23. The highest BCUT2D eigenvalue weighted by Gasteiger charge is 2.04. The molecule has 0 radical (unpaired) electrons. The Morgan fingerprint density at radius 1 is 0.842 bits per heavy atom. The summed E-state index contributed by atoms with van der Waals surface area (Å²) in [6.45, 7) is 6.58. The molecule has 0 aliphatic rings. The SMILES string of the molecule is COc1ccc(CCc2c(C)cc(C)cc2C)cc1. The molecule has 0 aliphatic heterocycles. The minimum Gasteiger partial charge on any atom is -0.497 e. The van der Waals surface area contributed by atoms with Gasteiger partial charge >= 0.3 is 0 Å². The third-order valence-electron chi connectivity index (χ3n) is 3.66. The number of rotatable bonds is 4. The average molecular weight is 254 g/mol. The Bertz CT molecular complexity index is 529. The van der Waals surface area contributed by atoms with Gasteiger partial charge in [-0.3, -0.25) is 0 Å². The highest BCUT2D eigenvalue weighted by atomic mass is 16.5. The third-order valence-corrected chi connectivity index (χ3v) is 3.66. The van der Waals surface area contributed by atoms with Crippen molar-refractivity contribution in [2.24, 2.45) is 0 Å². The van der Waals surface area contributed by atoms with Crippen molar-refractivity contribution in [2.75, 3.05) is 7.11 Å². The first-order valence-corrected chi connectivity index (χ1v) is 6.80. The van der Waals surface area contributed by atoms with Gasteiger partial charge in [0.2, 0.25) is 0 Å². The molecule has 0 atom stereocenters. The lowest BCUT2D eigenvalue weighted by Crippen LogP contribution is -1.98. The Labute approximate surface area is 116 Å². The van der Waals surface area contributed by atoms with Crippen LogP contribution in [0.1, 0.15) is 27.8 Å². The van der Waals surface area contributed by atoms with Crippen LogP contribution >= 0.6 is 0 Å². The molecule has 0 fully saturated rings. The van der Waals surface area contributed by atoms with Gasteiger partial charge in [-0.15, -0.1) is 0 Å². The second kappa shape index (κ2) is 5.92. The van der Waals surface area contributed by atoms with Crippen molar-refractivity contribution in [1.82, 2.24) is 0 Å². The van der Waals surface area contributed by atoms with Crippen LogP contribution in [-0.2, 0) is 12.8 Å². The van der Waals surface area contributed by atoms with E-state index in [1.165, 1.54) is 27.8 Å². The standard InChI is InChI=1S/C18H22O/c1-13-11-14(2)18(15(3)12-13)10-7-16-5-8-17(19-4)9-6-16/h5-6,8-9,11-12H,7,10H2,1-4H3. The molecule has 0 unspecified atom stereocenters. The van der Waals surface area contributed by atoms with Crippen LogP contribution in [0.15, 0.2) is 36.4 Å². The van der Waals surface area contributed by atoms with Gasteiger partial charge in [-0.05, 0) is 68.0 Å². The van der Waals surface area contributed by atoms with Crippen LogP contribution in [0, 0.1) is 20.8 Å². The summed E-state index contributed by atoms with van der Waals surface area (Å²) in [7, 11) is 1.70. The Balaban J connectivity index is 2.10. The minimum atomic E-state index is 0.923. The summed E-state index contributed by atoms with van der Waals surface area (Å²) >= 11 is 0. The highest BCUT2D eigenvalue weighted by molar-refractivity contribution is 5.38. The number of methoxy groups -OCH3 is 1. The molecular formula is C18H22O. The molecule has 100 valence electrons. The van der Waals surface area contributed by atoms with E-state index >= 15 is 0 Å². The van der Waals surface area contributed by atoms with Crippen LogP contribution in [0.25, 0.3) is 0 Å². The topological polar surface area (TPSA) is 9.23 Å². The molecule has 0 bridgehead atoms. The lowest BCUT2D eigenvalue weighted by molar-refractivity contribution is 0.414. The average Bonchev–Trinajstić information content (AvgIpc) is 2.38. The lowest BCUT2D eigenvalue weighted by Gasteiger charge is -2.11. The summed E-state index contributed by atoms with van der Waals surface area (Å²) in [5.41, 5.74) is 7.02. The van der Waals surface area contributed by atoms with E-state index in [0.717, 1.165) is 18.6 Å². The third kappa shape index (κ3) is 3.37. The number of aryl methyl sites for hydroxylation is 4. The van der Waals surface area contributed by atoms with E-state index in [9.17, 15) is 0 Å². The van der Waals surface area contributed by atoms with Gasteiger partial charge in [-0.25, -0.2) is 0 Å². The van der Waals surface area contributed by atoms with Crippen molar-refractivity contribution in [2.45, 2.75) is 33.6 Å². The van der Waals surface area contributed by atoms with Crippen molar-refractivity contribution >= 4 is 0 Å². The maximum Gasteiger partial charge on any atom is 0.118 e. The van der Waals surface area contributed by atoms with Gasteiger partial charge in [0.1, 0.15) is 5.75 Å². The Morgan fingerprint density at radius 3 is 1.95 bits per heavy atom. The van der Waals surface area contributed by atoms with Crippen LogP contribution < -0.4 is 4.74 Å². The van der Waals surface area contributed by atoms with Crippen molar-refractivity contribution in [3.8, 4) is 5.75 Å². The van der Waals surface area contributed by atoms with Crippen molar-refractivity contribution in [1.29, 1.82) is 0 Å². The molecule has 1 heteroatoms. The predicted octanol–water partition coefficient (Wildman–Crippen LogP) is 4.41. The monoisotopic (exact) mass is 254 g/mol. The van der Waals surface area contributed by atoms with Crippen LogP contribution in [0.5, 0.6) is 5.75 Å². The molecule has 0 heterocycles. The lowest BCUT2D eigenvalue weighted by atomic mass is 9.94. The Morgan fingerprint density at radius 2 is 1.42 bits per heavy atom. The first-order chi connectivity index (χ1) is 9.10. The van der Waals surface area contributed by atoms with Gasteiger partial charge in [0, 0.05) is 0 Å². The molecular weight excluding hydrogens is 232 g/mol. The van der Waals surface area contributed by atoms with Gasteiger partial charge < -0.3 is 4.74 Å². The first kappa shape index (κ1) is 13.7. The van der Waals surface area contributed by atoms with E-state index in [2.05, 4.69) is 45.0 Å². The summed E-state index contributed by atoms with van der Waals surface area (Å²) in [6, 6.07) is 12.9. The van der Waals surface area contributed by atoms with E-state index in [1.807, 2.05) is 12.1 Å². The van der Waals surface area contributed by atoms with E-state index in [1.54, 1.807) is 7.11 Å². The van der Waals surface area contributed by atoms with Crippen molar-refractivity contribution < 1.29 is 4.74 Å². The predicted molar refractivity (Wildman–Crippen MR) is 81.1 cm³/mol. The molecule has 0 spiro atoms. The van der Waals surface area contributed by atoms with Crippen LogP contribution in [0.2, 0.25) is 0 Å².